The molecule has 4 heteroatoms. The second kappa shape index (κ2) is 8.61. The van der Waals surface area contributed by atoms with Crippen molar-refractivity contribution in [1.82, 2.24) is 0 Å². The highest BCUT2D eigenvalue weighted by atomic mass is 31.2. The number of aromatic hydroxyl groups is 1. The number of aryl methyl sites for hydroxylation is 1. The summed E-state index contributed by atoms with van der Waals surface area (Å²) in [7, 11) is -3.51. The van der Waals surface area contributed by atoms with E-state index in [2.05, 4.69) is 0 Å². The molecule has 5 aromatic rings. The highest BCUT2D eigenvalue weighted by Crippen LogP contribution is 2.52. The number of rotatable bonds is 5. The van der Waals surface area contributed by atoms with Gasteiger partial charge in [-0.3, -0.25) is 4.57 Å². The molecule has 0 spiro atoms. The molecule has 0 aliphatic heterocycles. The van der Waals surface area contributed by atoms with Crippen LogP contribution in [0.2, 0.25) is 0 Å². The number of hydrogen-bond donors (Lipinski definition) is 1. The highest BCUT2D eigenvalue weighted by Gasteiger charge is 2.32. The molecular weight excluding hydrogens is 427 g/mol. The summed E-state index contributed by atoms with van der Waals surface area (Å²) in [6.07, 6.45) is 0. The molecule has 0 heterocycles. The lowest BCUT2D eigenvalue weighted by Gasteiger charge is -2.24. The molecule has 0 aliphatic carbocycles. The van der Waals surface area contributed by atoms with E-state index in [1.54, 1.807) is 6.07 Å². The molecule has 0 aromatic heterocycles. The van der Waals surface area contributed by atoms with Gasteiger partial charge in [-0.1, -0.05) is 84.9 Å². The van der Waals surface area contributed by atoms with Crippen LogP contribution >= 0.6 is 7.37 Å². The molecular formula is C29H23O3P. The van der Waals surface area contributed by atoms with Gasteiger partial charge in [0.05, 0.1) is 10.6 Å². The van der Waals surface area contributed by atoms with Crippen molar-refractivity contribution >= 4 is 28.8 Å². The standard InChI is InChI=1S/C29H23O3P/c1-21-12-11-19-25-28(21)27(30)20-26(22-13-5-2-6-14-22)29(25)32-33(31,23-15-7-3-8-16-23)24-17-9-4-10-18-24/h2-20,30H,1H3. The van der Waals surface area contributed by atoms with Gasteiger partial charge in [0.2, 0.25) is 0 Å². The maximum atomic E-state index is 14.7. The van der Waals surface area contributed by atoms with E-state index in [0.29, 0.717) is 27.3 Å². The van der Waals surface area contributed by atoms with Crippen LogP contribution in [0.4, 0.5) is 0 Å². The van der Waals surface area contributed by atoms with Crippen molar-refractivity contribution in [2.45, 2.75) is 6.92 Å². The zero-order valence-electron chi connectivity index (χ0n) is 18.2. The first-order chi connectivity index (χ1) is 16.1. The Morgan fingerprint density at radius 3 is 1.82 bits per heavy atom. The molecule has 0 saturated carbocycles. The number of phenols is 1. The molecule has 33 heavy (non-hydrogen) atoms. The van der Waals surface area contributed by atoms with Crippen LogP contribution in [-0.4, -0.2) is 5.11 Å². The summed E-state index contributed by atoms with van der Waals surface area (Å²) in [5.74, 6) is 0.664. The van der Waals surface area contributed by atoms with Crippen LogP contribution in [0, 0.1) is 6.92 Å². The van der Waals surface area contributed by atoms with Crippen LogP contribution in [0.5, 0.6) is 11.5 Å². The Balaban J connectivity index is 1.82. The molecule has 162 valence electrons. The predicted molar refractivity (Wildman–Crippen MR) is 136 cm³/mol. The van der Waals surface area contributed by atoms with Crippen LogP contribution in [0.1, 0.15) is 5.56 Å². The average Bonchev–Trinajstić information content (AvgIpc) is 2.87. The third-order valence-corrected chi connectivity index (χ3v) is 8.19. The normalized spacial score (nSPS) is 11.4. The molecule has 5 aromatic carbocycles. The summed E-state index contributed by atoms with van der Waals surface area (Å²) in [5.41, 5.74) is 2.49. The highest BCUT2D eigenvalue weighted by molar-refractivity contribution is 7.74. The molecule has 0 bridgehead atoms. The lowest BCUT2D eigenvalue weighted by molar-refractivity contribution is 0.479. The van der Waals surface area contributed by atoms with Gasteiger partial charge in [0, 0.05) is 16.3 Å². The number of benzene rings is 5. The summed E-state index contributed by atoms with van der Waals surface area (Å²) in [4.78, 5) is 0. The number of hydrogen-bond acceptors (Lipinski definition) is 3. The molecule has 0 atom stereocenters. The first-order valence-electron chi connectivity index (χ1n) is 10.8. The van der Waals surface area contributed by atoms with Crippen molar-refractivity contribution in [2.75, 3.05) is 0 Å². The van der Waals surface area contributed by atoms with Gasteiger partial charge in [-0.05, 0) is 48.4 Å². The first-order valence-corrected chi connectivity index (χ1v) is 12.4. The minimum atomic E-state index is -3.51. The SMILES string of the molecule is Cc1cccc2c(OP(=O)(c3ccccc3)c3ccccc3)c(-c3ccccc3)cc(O)c12. The van der Waals surface area contributed by atoms with Crippen LogP contribution in [0.25, 0.3) is 21.9 Å². The summed E-state index contributed by atoms with van der Waals surface area (Å²) < 4.78 is 21.3. The molecule has 0 amide bonds. The molecule has 1 N–H and O–H groups in total. The van der Waals surface area contributed by atoms with E-state index in [1.165, 1.54) is 0 Å². The van der Waals surface area contributed by atoms with Crippen LogP contribution in [0.15, 0.2) is 115 Å². The van der Waals surface area contributed by atoms with E-state index in [4.69, 9.17) is 4.52 Å². The average molecular weight is 450 g/mol. The van der Waals surface area contributed by atoms with E-state index in [9.17, 15) is 9.67 Å². The monoisotopic (exact) mass is 450 g/mol. The Labute approximate surface area is 193 Å². The van der Waals surface area contributed by atoms with Gasteiger partial charge >= 0.3 is 7.37 Å². The molecule has 5 rings (SSSR count). The van der Waals surface area contributed by atoms with Gasteiger partial charge < -0.3 is 9.63 Å². The van der Waals surface area contributed by atoms with Crippen molar-refractivity contribution in [2.24, 2.45) is 0 Å². The summed E-state index contributed by atoms with van der Waals surface area (Å²) in [6, 6.07) is 35.8. The second-order valence-corrected chi connectivity index (χ2v) is 10.3. The molecule has 3 nitrogen and oxygen atoms in total. The first kappa shape index (κ1) is 21.1. The Kier molecular flexibility index (Phi) is 5.50. The van der Waals surface area contributed by atoms with E-state index in [0.717, 1.165) is 16.5 Å². The number of fused-ring (bicyclic) bond motifs is 1. The lowest BCUT2D eigenvalue weighted by Crippen LogP contribution is -2.20. The van der Waals surface area contributed by atoms with Gasteiger partial charge in [-0.25, -0.2) is 0 Å². The molecule has 0 aliphatic rings. The number of phenolic OH excluding ortho intramolecular Hbond substituents is 1. The Morgan fingerprint density at radius 2 is 1.24 bits per heavy atom. The van der Waals surface area contributed by atoms with E-state index in [1.807, 2.05) is 116 Å². The minimum Gasteiger partial charge on any atom is -0.507 e. The maximum Gasteiger partial charge on any atom is 0.306 e. The predicted octanol–water partition coefficient (Wildman–Crippen LogP) is 6.83. The third-order valence-electron chi connectivity index (χ3n) is 5.80. The van der Waals surface area contributed by atoms with Gasteiger partial charge in [-0.2, -0.15) is 0 Å². The lowest BCUT2D eigenvalue weighted by atomic mass is 9.96. The van der Waals surface area contributed by atoms with Crippen molar-refractivity contribution in [3.05, 3.63) is 121 Å². The zero-order valence-corrected chi connectivity index (χ0v) is 19.1. The van der Waals surface area contributed by atoms with E-state index < -0.39 is 7.37 Å². The molecule has 0 radical (unpaired) electrons. The Morgan fingerprint density at radius 1 is 0.697 bits per heavy atom. The van der Waals surface area contributed by atoms with Crippen LogP contribution in [0.3, 0.4) is 0 Å². The fraction of sp³-hybridized carbons (Fsp3) is 0.0345. The van der Waals surface area contributed by atoms with Gasteiger partial charge in [-0.15, -0.1) is 0 Å². The Hall–Kier alpha value is -3.81. The van der Waals surface area contributed by atoms with Gasteiger partial charge in [0.25, 0.3) is 0 Å². The van der Waals surface area contributed by atoms with Gasteiger partial charge in [0.1, 0.15) is 11.5 Å². The minimum absolute atomic E-state index is 0.170. The van der Waals surface area contributed by atoms with E-state index in [-0.39, 0.29) is 5.75 Å². The topological polar surface area (TPSA) is 46.5 Å². The smallest absolute Gasteiger partial charge is 0.306 e. The quantitative estimate of drug-likeness (QED) is 0.299. The Bertz CT molecular complexity index is 1420. The zero-order chi connectivity index (χ0) is 22.8. The van der Waals surface area contributed by atoms with E-state index >= 15 is 0 Å². The van der Waals surface area contributed by atoms with Crippen molar-refractivity contribution in [3.63, 3.8) is 0 Å². The largest absolute Gasteiger partial charge is 0.507 e. The van der Waals surface area contributed by atoms with Crippen molar-refractivity contribution < 1.29 is 14.2 Å². The molecule has 0 unspecified atom stereocenters. The fourth-order valence-corrected chi connectivity index (χ4v) is 6.27. The molecule has 0 fully saturated rings. The van der Waals surface area contributed by atoms with Crippen LogP contribution in [-0.2, 0) is 4.57 Å². The fourth-order valence-electron chi connectivity index (χ4n) is 4.18. The van der Waals surface area contributed by atoms with Crippen molar-refractivity contribution in [3.8, 4) is 22.6 Å². The third kappa shape index (κ3) is 3.82. The van der Waals surface area contributed by atoms with Crippen LogP contribution < -0.4 is 15.1 Å². The van der Waals surface area contributed by atoms with Crippen molar-refractivity contribution in [1.29, 1.82) is 0 Å². The summed E-state index contributed by atoms with van der Waals surface area (Å²) in [5, 5.41) is 13.6. The maximum absolute atomic E-state index is 14.7. The summed E-state index contributed by atoms with van der Waals surface area (Å²) in [6.45, 7) is 1.95. The molecule has 0 saturated heterocycles. The van der Waals surface area contributed by atoms with Gasteiger partial charge in [0.15, 0.2) is 0 Å². The summed E-state index contributed by atoms with van der Waals surface area (Å²) >= 11 is 0. The second-order valence-electron chi connectivity index (χ2n) is 7.95.